The van der Waals surface area contributed by atoms with Crippen molar-refractivity contribution in [2.45, 2.75) is 19.1 Å². The average Bonchev–Trinajstić information content (AvgIpc) is 3.22. The Hall–Kier alpha value is -4.05. The Kier molecular flexibility index (Phi) is 7.98. The van der Waals surface area contributed by atoms with Crippen LogP contribution >= 0.6 is 0 Å². The van der Waals surface area contributed by atoms with Crippen molar-refractivity contribution in [3.63, 3.8) is 0 Å². The molecule has 9 nitrogen and oxygen atoms in total. The van der Waals surface area contributed by atoms with E-state index in [1.54, 1.807) is 32.3 Å². The summed E-state index contributed by atoms with van der Waals surface area (Å²) in [6.45, 7) is 1.31. The Labute approximate surface area is 179 Å². The summed E-state index contributed by atoms with van der Waals surface area (Å²) < 4.78 is 5.34. The van der Waals surface area contributed by atoms with Gasteiger partial charge in [0.2, 0.25) is 0 Å². The van der Waals surface area contributed by atoms with Gasteiger partial charge in [-0.3, -0.25) is 19.6 Å². The van der Waals surface area contributed by atoms with E-state index in [-0.39, 0.29) is 17.2 Å². The molecule has 0 aliphatic carbocycles. The van der Waals surface area contributed by atoms with Crippen LogP contribution in [-0.4, -0.2) is 59.2 Å². The van der Waals surface area contributed by atoms with Crippen LogP contribution in [-0.2, 0) is 4.79 Å². The summed E-state index contributed by atoms with van der Waals surface area (Å²) in [5.41, 5.74) is 2.22. The average molecular weight is 423 g/mol. The molecule has 4 N–H and O–H groups in total. The number of rotatable bonds is 5. The zero-order chi connectivity index (χ0) is 23.0. The minimum Gasteiger partial charge on any atom is -0.443 e. The van der Waals surface area contributed by atoms with Gasteiger partial charge in [0.1, 0.15) is 6.04 Å². The monoisotopic (exact) mass is 423 g/mol. The van der Waals surface area contributed by atoms with Crippen molar-refractivity contribution >= 4 is 17.7 Å². The van der Waals surface area contributed by atoms with Crippen LogP contribution in [0.25, 0.3) is 0 Å². The molecule has 31 heavy (non-hydrogen) atoms. The van der Waals surface area contributed by atoms with Gasteiger partial charge in [0.15, 0.2) is 11.5 Å². The van der Waals surface area contributed by atoms with Crippen LogP contribution in [0.1, 0.15) is 39.2 Å². The van der Waals surface area contributed by atoms with Crippen LogP contribution in [0.15, 0.2) is 40.8 Å². The molecular weight excluding hydrogens is 402 g/mol. The van der Waals surface area contributed by atoms with Crippen LogP contribution in [0.3, 0.4) is 0 Å². The highest BCUT2D eigenvalue weighted by Crippen LogP contribution is 2.08. The zero-order valence-electron chi connectivity index (χ0n) is 17.1. The van der Waals surface area contributed by atoms with E-state index in [1.165, 1.54) is 35.5 Å². The van der Waals surface area contributed by atoms with Crippen molar-refractivity contribution < 1.29 is 29.1 Å². The normalized spacial score (nSPS) is 11.6. The fourth-order valence-corrected chi connectivity index (χ4v) is 2.34. The van der Waals surface area contributed by atoms with E-state index in [0.29, 0.717) is 11.3 Å². The molecule has 0 saturated carbocycles. The van der Waals surface area contributed by atoms with Crippen LogP contribution < -0.4 is 10.8 Å². The third-order valence-corrected chi connectivity index (χ3v) is 3.99. The molecule has 2 atom stereocenters. The van der Waals surface area contributed by atoms with E-state index in [9.17, 15) is 19.5 Å². The summed E-state index contributed by atoms with van der Waals surface area (Å²) >= 11 is 0. The maximum absolute atomic E-state index is 12.2. The van der Waals surface area contributed by atoms with E-state index in [1.807, 2.05) is 0 Å². The van der Waals surface area contributed by atoms with Gasteiger partial charge in [0.05, 0.1) is 6.10 Å². The van der Waals surface area contributed by atoms with Crippen LogP contribution in [0, 0.1) is 23.7 Å². The van der Waals surface area contributed by atoms with Gasteiger partial charge in [0.25, 0.3) is 17.7 Å². The number of benzene rings is 1. The van der Waals surface area contributed by atoms with Gasteiger partial charge >= 0.3 is 0 Å². The molecule has 3 amide bonds. The first-order valence-electron chi connectivity index (χ1n) is 9.09. The van der Waals surface area contributed by atoms with Crippen molar-refractivity contribution in [1.82, 2.24) is 15.7 Å². The maximum atomic E-state index is 12.2. The van der Waals surface area contributed by atoms with Crippen molar-refractivity contribution in [2.24, 2.45) is 0 Å². The quantitative estimate of drug-likeness (QED) is 0.312. The smallest absolute Gasteiger partial charge is 0.289 e. The minimum atomic E-state index is -1.30. The van der Waals surface area contributed by atoms with E-state index in [4.69, 9.17) is 9.62 Å². The van der Waals surface area contributed by atoms with Gasteiger partial charge in [-0.05, 0) is 61.1 Å². The maximum Gasteiger partial charge on any atom is 0.289 e. The van der Waals surface area contributed by atoms with Crippen molar-refractivity contribution in [1.29, 1.82) is 0 Å². The number of nitrogens with zero attached hydrogens (tertiary/aromatic N) is 1. The Balaban J connectivity index is 2.02. The Bertz CT molecular complexity index is 1080. The standard InChI is InChI=1S/C22H21N3O6/c1-14(26)19(21(28)24-30)23-20(27)16-10-8-15(9-11-16)6-4-5-7-17-12-13-18(31-17)22(29)25(2)3/h8-14,19,26,30H,1-3H3,(H,23,27)(H,24,28)/t14-,19+/m1/s1. The van der Waals surface area contributed by atoms with Gasteiger partial charge in [-0.15, -0.1) is 0 Å². The lowest BCUT2D eigenvalue weighted by molar-refractivity contribution is -0.133. The molecule has 1 aromatic heterocycles. The number of hydroxylamine groups is 1. The second-order valence-electron chi connectivity index (χ2n) is 6.61. The number of aliphatic hydroxyl groups excluding tert-OH is 1. The van der Waals surface area contributed by atoms with Gasteiger partial charge < -0.3 is 19.7 Å². The number of carbonyl (C=O) groups is 3. The minimum absolute atomic E-state index is 0.186. The first-order chi connectivity index (χ1) is 14.7. The Morgan fingerprint density at radius 1 is 1.03 bits per heavy atom. The highest BCUT2D eigenvalue weighted by atomic mass is 16.5. The molecule has 0 spiro atoms. The fourth-order valence-electron chi connectivity index (χ4n) is 2.34. The molecule has 0 saturated heterocycles. The van der Waals surface area contributed by atoms with E-state index < -0.39 is 24.0 Å². The zero-order valence-corrected chi connectivity index (χ0v) is 17.1. The van der Waals surface area contributed by atoms with E-state index in [0.717, 1.165) is 0 Å². The summed E-state index contributed by atoms with van der Waals surface area (Å²) in [4.78, 5) is 36.9. The summed E-state index contributed by atoms with van der Waals surface area (Å²) in [6.07, 6.45) is -1.20. The number of furan rings is 1. The molecule has 0 aliphatic heterocycles. The highest BCUT2D eigenvalue weighted by molar-refractivity contribution is 5.97. The van der Waals surface area contributed by atoms with Gasteiger partial charge in [-0.1, -0.05) is 5.92 Å². The highest BCUT2D eigenvalue weighted by Gasteiger charge is 2.25. The number of hydrogen-bond acceptors (Lipinski definition) is 6. The second kappa shape index (κ2) is 10.6. The predicted molar refractivity (Wildman–Crippen MR) is 110 cm³/mol. The first-order valence-corrected chi connectivity index (χ1v) is 9.09. The molecular formula is C22H21N3O6. The molecule has 2 rings (SSSR count). The lowest BCUT2D eigenvalue weighted by Crippen LogP contribution is -2.51. The third kappa shape index (κ3) is 6.47. The molecule has 1 aromatic carbocycles. The third-order valence-electron chi connectivity index (χ3n) is 3.99. The summed E-state index contributed by atoms with van der Waals surface area (Å²) in [7, 11) is 3.24. The molecule has 0 unspecified atom stereocenters. The molecule has 160 valence electrons. The largest absolute Gasteiger partial charge is 0.443 e. The molecule has 9 heteroatoms. The fraction of sp³-hybridized carbons (Fsp3) is 0.227. The topological polar surface area (TPSA) is 132 Å². The number of hydrogen-bond donors (Lipinski definition) is 4. The summed E-state index contributed by atoms with van der Waals surface area (Å²) in [5.74, 6) is 9.48. The molecule has 1 heterocycles. The van der Waals surface area contributed by atoms with Crippen LogP contribution in [0.4, 0.5) is 0 Å². The predicted octanol–water partition coefficient (Wildman–Crippen LogP) is 0.369. The van der Waals surface area contributed by atoms with Crippen LogP contribution in [0.5, 0.6) is 0 Å². The molecule has 0 aliphatic rings. The van der Waals surface area contributed by atoms with Crippen molar-refractivity contribution in [3.05, 3.63) is 59.0 Å². The molecule has 2 aromatic rings. The SMILES string of the molecule is C[C@@H](O)[C@H](NC(=O)c1ccc(C#CC#Cc2ccc(C(=O)N(C)C)o2)cc1)C(=O)NO. The Morgan fingerprint density at radius 2 is 1.68 bits per heavy atom. The second-order valence-corrected chi connectivity index (χ2v) is 6.61. The van der Waals surface area contributed by atoms with E-state index >= 15 is 0 Å². The number of amides is 3. The van der Waals surface area contributed by atoms with Gasteiger partial charge in [0, 0.05) is 25.2 Å². The van der Waals surface area contributed by atoms with Crippen LogP contribution in [0.2, 0.25) is 0 Å². The molecule has 0 bridgehead atoms. The van der Waals surface area contributed by atoms with Crippen molar-refractivity contribution in [2.75, 3.05) is 14.1 Å². The van der Waals surface area contributed by atoms with Crippen molar-refractivity contribution in [3.8, 4) is 23.7 Å². The summed E-state index contributed by atoms with van der Waals surface area (Å²) in [5, 5.41) is 20.6. The number of nitrogens with one attached hydrogen (secondary N) is 2. The first kappa shape index (κ1) is 23.2. The number of carbonyl (C=O) groups excluding carboxylic acids is 3. The molecule has 0 fully saturated rings. The van der Waals surface area contributed by atoms with E-state index in [2.05, 4.69) is 29.0 Å². The summed E-state index contributed by atoms with van der Waals surface area (Å²) in [6, 6.07) is 7.99. The van der Waals surface area contributed by atoms with Gasteiger partial charge in [-0.25, -0.2) is 5.48 Å². The molecule has 0 radical (unpaired) electrons. The Morgan fingerprint density at radius 3 is 2.26 bits per heavy atom. The van der Waals surface area contributed by atoms with Gasteiger partial charge in [-0.2, -0.15) is 0 Å². The lowest BCUT2D eigenvalue weighted by atomic mass is 10.1. The number of aliphatic hydroxyl groups is 1. The lowest BCUT2D eigenvalue weighted by Gasteiger charge is -2.19.